The molecule has 3 unspecified atom stereocenters. The van der Waals surface area contributed by atoms with Crippen molar-refractivity contribution in [3.05, 3.63) is 193 Å². The van der Waals surface area contributed by atoms with E-state index in [-0.39, 0.29) is 12.0 Å². The molecule has 3 aromatic heterocycles. The molecule has 0 amide bonds. The van der Waals surface area contributed by atoms with Gasteiger partial charge < -0.3 is 9.47 Å². The van der Waals surface area contributed by atoms with E-state index in [9.17, 15) is 0 Å². The summed E-state index contributed by atoms with van der Waals surface area (Å²) in [4.78, 5) is 18.6. The van der Waals surface area contributed by atoms with E-state index < -0.39 is 0 Å². The van der Waals surface area contributed by atoms with Gasteiger partial charge in [0.05, 0.1) is 33.8 Å². The first kappa shape index (κ1) is 33.8. The van der Waals surface area contributed by atoms with Crippen molar-refractivity contribution in [1.82, 2.24) is 24.1 Å². The van der Waals surface area contributed by atoms with E-state index in [0.29, 0.717) is 23.5 Å². The maximum Gasteiger partial charge on any atom is 0.238 e. The number of rotatable bonds is 5. The minimum Gasteiger partial charge on any atom is -0.333 e. The lowest BCUT2D eigenvalue weighted by Gasteiger charge is -2.29. The molecule has 0 radical (unpaired) electrons. The Bertz CT molecular complexity index is 3200. The number of anilines is 2. The molecule has 6 aromatic carbocycles. The molecule has 0 saturated heterocycles. The van der Waals surface area contributed by atoms with Crippen LogP contribution in [0.4, 0.5) is 11.4 Å². The van der Waals surface area contributed by atoms with Crippen LogP contribution >= 0.6 is 0 Å². The fourth-order valence-corrected chi connectivity index (χ4v) is 9.92. The van der Waals surface area contributed by atoms with Crippen molar-refractivity contribution >= 4 is 66.3 Å². The molecule has 2 aliphatic carbocycles. The van der Waals surface area contributed by atoms with Crippen LogP contribution in [0.25, 0.3) is 72.2 Å². The topological polar surface area (TPSA) is 51.8 Å². The number of hydrogen-bond donors (Lipinski definition) is 0. The van der Waals surface area contributed by atoms with Crippen LogP contribution in [0.2, 0.25) is 0 Å². The summed E-state index contributed by atoms with van der Waals surface area (Å²) in [6.45, 7) is 2.34. The molecular formula is C53H40N6. The third-order valence-corrected chi connectivity index (χ3v) is 12.6. The highest BCUT2D eigenvalue weighted by Gasteiger charge is 2.39. The number of nitrogens with zero attached hydrogens (tertiary/aromatic N) is 6. The Morgan fingerprint density at radius 3 is 1.93 bits per heavy atom. The molecule has 12 rings (SSSR count). The number of benzene rings is 6. The first-order valence-corrected chi connectivity index (χ1v) is 20.7. The van der Waals surface area contributed by atoms with E-state index in [1.165, 1.54) is 55.2 Å². The van der Waals surface area contributed by atoms with Gasteiger partial charge in [-0.2, -0.15) is 9.97 Å². The predicted molar refractivity (Wildman–Crippen MR) is 243 cm³/mol. The van der Waals surface area contributed by atoms with Crippen molar-refractivity contribution in [1.29, 1.82) is 0 Å². The van der Waals surface area contributed by atoms with E-state index in [4.69, 9.17) is 15.0 Å². The number of para-hydroxylation sites is 4. The van der Waals surface area contributed by atoms with Crippen molar-refractivity contribution < 1.29 is 0 Å². The Labute approximate surface area is 342 Å². The summed E-state index contributed by atoms with van der Waals surface area (Å²) in [6.07, 6.45) is 15.7. The highest BCUT2D eigenvalue weighted by molar-refractivity contribution is 6.17. The predicted octanol–water partition coefficient (Wildman–Crippen LogP) is 12.8. The van der Waals surface area contributed by atoms with E-state index >= 15 is 0 Å². The molecule has 0 N–H and O–H groups in total. The highest BCUT2D eigenvalue weighted by atomic mass is 15.2. The van der Waals surface area contributed by atoms with Crippen molar-refractivity contribution in [2.75, 3.05) is 4.90 Å². The maximum atomic E-state index is 5.46. The summed E-state index contributed by atoms with van der Waals surface area (Å²) in [7, 11) is 0. The Morgan fingerprint density at radius 2 is 1.19 bits per heavy atom. The summed E-state index contributed by atoms with van der Waals surface area (Å²) in [5, 5.41) is 4.90. The Balaban J connectivity index is 1.11. The first-order chi connectivity index (χ1) is 29.2. The second-order valence-corrected chi connectivity index (χ2v) is 16.0. The zero-order valence-corrected chi connectivity index (χ0v) is 32.7. The fourth-order valence-electron chi connectivity index (χ4n) is 9.92. The van der Waals surface area contributed by atoms with Gasteiger partial charge in [-0.25, -0.2) is 4.98 Å². The number of hydrogen-bond acceptors (Lipinski definition) is 4. The number of allylic oxidation sites excluding steroid dienone is 6. The van der Waals surface area contributed by atoms with Crippen molar-refractivity contribution in [2.24, 2.45) is 5.92 Å². The van der Waals surface area contributed by atoms with E-state index in [0.717, 1.165) is 35.0 Å². The van der Waals surface area contributed by atoms with Gasteiger partial charge in [-0.05, 0) is 66.8 Å². The SMILES string of the molecule is CC1CCC=C(c2nc(-c3ccccc3)nc(-n3c4ccccc4c4c5c(ccc43)C3C=CC=CC3N5c3ccccc3)n2)C=C1n1c2ccccc2c2ccccc21. The molecule has 0 fully saturated rings. The van der Waals surface area contributed by atoms with Crippen LogP contribution in [0.3, 0.4) is 0 Å². The first-order valence-electron chi connectivity index (χ1n) is 20.7. The molecule has 4 heterocycles. The normalized spacial score (nSPS) is 18.7. The van der Waals surface area contributed by atoms with Crippen LogP contribution in [0, 0.1) is 5.92 Å². The molecule has 282 valence electrons. The van der Waals surface area contributed by atoms with Crippen LogP contribution in [0.1, 0.15) is 37.1 Å². The third kappa shape index (κ3) is 5.22. The molecular weight excluding hydrogens is 721 g/mol. The van der Waals surface area contributed by atoms with Crippen LogP contribution in [0.5, 0.6) is 0 Å². The maximum absolute atomic E-state index is 5.46. The average Bonchev–Trinajstić information content (AvgIpc) is 3.88. The van der Waals surface area contributed by atoms with Crippen LogP contribution < -0.4 is 4.90 Å². The molecule has 59 heavy (non-hydrogen) atoms. The van der Waals surface area contributed by atoms with Gasteiger partial charge in [0.15, 0.2) is 11.6 Å². The Morgan fingerprint density at radius 1 is 0.559 bits per heavy atom. The molecule has 0 saturated carbocycles. The summed E-state index contributed by atoms with van der Waals surface area (Å²) >= 11 is 0. The van der Waals surface area contributed by atoms with Crippen molar-refractivity contribution in [2.45, 2.75) is 31.7 Å². The number of aromatic nitrogens is 5. The van der Waals surface area contributed by atoms with Gasteiger partial charge in [0.2, 0.25) is 5.95 Å². The molecule has 0 bridgehead atoms. The molecule has 6 nitrogen and oxygen atoms in total. The monoisotopic (exact) mass is 760 g/mol. The second-order valence-electron chi connectivity index (χ2n) is 16.0. The molecule has 3 aliphatic rings. The van der Waals surface area contributed by atoms with Gasteiger partial charge in [0.25, 0.3) is 0 Å². The quantitative estimate of drug-likeness (QED) is 0.175. The van der Waals surface area contributed by atoms with E-state index in [1.807, 2.05) is 6.07 Å². The van der Waals surface area contributed by atoms with E-state index in [2.05, 4.69) is 197 Å². The highest BCUT2D eigenvalue weighted by Crippen LogP contribution is 2.53. The number of fused-ring (bicyclic) bond motifs is 10. The van der Waals surface area contributed by atoms with Gasteiger partial charge in [-0.1, -0.05) is 146 Å². The second kappa shape index (κ2) is 13.4. The van der Waals surface area contributed by atoms with Crippen LogP contribution in [-0.2, 0) is 0 Å². The third-order valence-electron chi connectivity index (χ3n) is 12.6. The van der Waals surface area contributed by atoms with Crippen molar-refractivity contribution in [3.63, 3.8) is 0 Å². The molecule has 6 heteroatoms. The Kier molecular flexibility index (Phi) is 7.67. The standard InChI is InChI=1S/C53H40N6/c1-34-17-16-20-36(33-48(34)58-44-28-13-8-23-38(44)39-24-9-14-29-45(39)58)52-54-51(35-18-4-2-5-19-35)55-53(56-52)59-46-30-15-11-26-42(46)49-47(59)32-31-41-40-25-10-12-27-43(40)57(50(41)49)37-21-6-3-7-22-37/h2-15,18-34,40,43H,16-17H2,1H3. The summed E-state index contributed by atoms with van der Waals surface area (Å²) < 4.78 is 4.72. The minimum absolute atomic E-state index is 0.179. The minimum atomic E-state index is 0.179. The molecule has 0 spiro atoms. The lowest BCUT2D eigenvalue weighted by atomic mass is 9.91. The van der Waals surface area contributed by atoms with E-state index in [1.54, 1.807) is 0 Å². The molecule has 1 aliphatic heterocycles. The zero-order chi connectivity index (χ0) is 39.0. The molecule has 3 atom stereocenters. The van der Waals surface area contributed by atoms with Gasteiger partial charge >= 0.3 is 0 Å². The average molecular weight is 761 g/mol. The summed E-state index contributed by atoms with van der Waals surface area (Å²) in [5.41, 5.74) is 11.5. The smallest absolute Gasteiger partial charge is 0.238 e. The lowest BCUT2D eigenvalue weighted by molar-refractivity contribution is 0.657. The van der Waals surface area contributed by atoms with Crippen molar-refractivity contribution in [3.8, 4) is 17.3 Å². The summed E-state index contributed by atoms with van der Waals surface area (Å²) in [6, 6.07) is 52.1. The van der Waals surface area contributed by atoms with Crippen LogP contribution in [-0.4, -0.2) is 30.1 Å². The molecule has 9 aromatic rings. The largest absolute Gasteiger partial charge is 0.333 e. The van der Waals surface area contributed by atoms with Gasteiger partial charge in [-0.3, -0.25) is 4.57 Å². The van der Waals surface area contributed by atoms with Gasteiger partial charge in [-0.15, -0.1) is 0 Å². The van der Waals surface area contributed by atoms with Crippen LogP contribution in [0.15, 0.2) is 182 Å². The van der Waals surface area contributed by atoms with Gasteiger partial charge in [0, 0.05) is 50.0 Å². The fraction of sp³-hybridized carbons (Fsp3) is 0.113. The van der Waals surface area contributed by atoms with Gasteiger partial charge in [0.1, 0.15) is 0 Å². The Hall–Kier alpha value is -7.31. The summed E-state index contributed by atoms with van der Waals surface area (Å²) in [5.74, 6) is 2.47. The lowest BCUT2D eigenvalue weighted by Crippen LogP contribution is -2.28. The zero-order valence-electron chi connectivity index (χ0n) is 32.7.